The quantitative estimate of drug-likeness (QED) is 0.377. The summed E-state index contributed by atoms with van der Waals surface area (Å²) in [5.41, 5.74) is 6.01. The third-order valence-corrected chi connectivity index (χ3v) is 9.64. The molecule has 0 aliphatic carbocycles. The number of amides is 1. The summed E-state index contributed by atoms with van der Waals surface area (Å²) in [6.45, 7) is 12.1. The first-order valence-corrected chi connectivity index (χ1v) is 12.1. The third kappa shape index (κ3) is 7.32. The van der Waals surface area contributed by atoms with E-state index in [9.17, 15) is 9.18 Å². The van der Waals surface area contributed by atoms with Gasteiger partial charge in [-0.25, -0.2) is 4.39 Å². The highest BCUT2D eigenvalue weighted by molar-refractivity contribution is 6.74. The maximum atomic E-state index is 12.2. The first-order chi connectivity index (χ1) is 11.6. The van der Waals surface area contributed by atoms with Crippen LogP contribution in [0.25, 0.3) is 0 Å². The number of allylic oxidation sites excluding steroid dienone is 3. The molecule has 0 bridgehead atoms. The third-order valence-electron chi connectivity index (χ3n) is 5.10. The van der Waals surface area contributed by atoms with Crippen LogP contribution in [0.4, 0.5) is 4.39 Å². The average molecular weight is 371 g/mol. The van der Waals surface area contributed by atoms with E-state index in [1.165, 1.54) is 6.08 Å². The van der Waals surface area contributed by atoms with Gasteiger partial charge in [0.15, 0.2) is 8.32 Å². The molecule has 1 saturated heterocycles. The van der Waals surface area contributed by atoms with E-state index in [1.807, 2.05) is 11.0 Å². The van der Waals surface area contributed by atoms with Crippen molar-refractivity contribution in [2.24, 2.45) is 5.73 Å². The van der Waals surface area contributed by atoms with E-state index in [0.29, 0.717) is 12.1 Å². The molecule has 1 aliphatic heterocycles. The van der Waals surface area contributed by atoms with E-state index < -0.39 is 15.0 Å². The summed E-state index contributed by atoms with van der Waals surface area (Å²) in [4.78, 5) is 14.1. The van der Waals surface area contributed by atoms with Crippen molar-refractivity contribution in [1.82, 2.24) is 4.90 Å². The SMILES string of the molecule is CC(C)(C)[Si](C)(C)OC1CN(C(=O)CCCC/C=C\C(N)=C/CF)C1. The average Bonchev–Trinajstić information content (AvgIpc) is 2.45. The van der Waals surface area contributed by atoms with Crippen molar-refractivity contribution < 1.29 is 13.6 Å². The number of carbonyl (C=O) groups is 1. The van der Waals surface area contributed by atoms with E-state index in [-0.39, 0.29) is 17.0 Å². The Kier molecular flexibility index (Phi) is 8.34. The maximum Gasteiger partial charge on any atom is 0.222 e. The van der Waals surface area contributed by atoms with Crippen LogP contribution in [0.1, 0.15) is 46.5 Å². The smallest absolute Gasteiger partial charge is 0.222 e. The molecular weight excluding hydrogens is 335 g/mol. The molecule has 25 heavy (non-hydrogen) atoms. The molecule has 1 heterocycles. The maximum absolute atomic E-state index is 12.2. The standard InChI is InChI=1S/C19H35FN2O2Si/c1-19(2,3)25(4,5)24-17-14-22(15-17)18(23)11-9-7-6-8-10-16(21)12-13-20/h8,10,12,17H,6-7,9,11,13-15,21H2,1-5H3/b10-8-,16-12+. The van der Waals surface area contributed by atoms with Crippen molar-refractivity contribution >= 4 is 14.2 Å². The summed E-state index contributed by atoms with van der Waals surface area (Å²) in [6, 6.07) is 0. The molecule has 1 amide bonds. The summed E-state index contributed by atoms with van der Waals surface area (Å²) in [5, 5.41) is 0.202. The lowest BCUT2D eigenvalue weighted by Gasteiger charge is -2.46. The number of hydrogen-bond acceptors (Lipinski definition) is 3. The number of nitrogens with zero attached hydrogens (tertiary/aromatic N) is 1. The molecule has 1 aliphatic rings. The largest absolute Gasteiger partial charge is 0.410 e. The number of carbonyl (C=O) groups excluding carboxylic acids is 1. The van der Waals surface area contributed by atoms with Crippen LogP contribution in [0.15, 0.2) is 23.9 Å². The van der Waals surface area contributed by atoms with Gasteiger partial charge in [0, 0.05) is 25.2 Å². The first kappa shape index (κ1) is 21.9. The van der Waals surface area contributed by atoms with Gasteiger partial charge in [-0.2, -0.15) is 0 Å². The van der Waals surface area contributed by atoms with E-state index in [2.05, 4.69) is 33.9 Å². The zero-order valence-corrected chi connectivity index (χ0v) is 17.5. The molecule has 1 rings (SSSR count). The van der Waals surface area contributed by atoms with Crippen molar-refractivity contribution in [1.29, 1.82) is 0 Å². The summed E-state index contributed by atoms with van der Waals surface area (Å²) in [7, 11) is -1.74. The predicted molar refractivity (Wildman–Crippen MR) is 105 cm³/mol. The van der Waals surface area contributed by atoms with Gasteiger partial charge in [-0.15, -0.1) is 0 Å². The first-order valence-electron chi connectivity index (χ1n) is 9.20. The number of rotatable bonds is 9. The lowest BCUT2D eigenvalue weighted by Crippen LogP contribution is -2.59. The molecule has 1 fully saturated rings. The summed E-state index contributed by atoms with van der Waals surface area (Å²) < 4.78 is 18.3. The highest BCUT2D eigenvalue weighted by atomic mass is 28.4. The number of alkyl halides is 1. The lowest BCUT2D eigenvalue weighted by atomic mass is 10.1. The molecule has 4 nitrogen and oxygen atoms in total. The van der Waals surface area contributed by atoms with Gasteiger partial charge in [-0.05, 0) is 49.5 Å². The number of hydrogen-bond donors (Lipinski definition) is 1. The summed E-state index contributed by atoms with van der Waals surface area (Å²) >= 11 is 0. The molecule has 0 atom stereocenters. The monoisotopic (exact) mass is 370 g/mol. The fourth-order valence-electron chi connectivity index (χ4n) is 2.38. The molecule has 0 unspecified atom stereocenters. The predicted octanol–water partition coefficient (Wildman–Crippen LogP) is 4.15. The molecule has 0 aromatic carbocycles. The van der Waals surface area contributed by atoms with Crippen molar-refractivity contribution in [2.45, 2.75) is 70.7 Å². The van der Waals surface area contributed by atoms with Crippen LogP contribution in [-0.4, -0.2) is 45.0 Å². The van der Waals surface area contributed by atoms with Gasteiger partial charge in [0.25, 0.3) is 0 Å². The zero-order chi connectivity index (χ0) is 19.1. The Balaban J connectivity index is 2.18. The lowest BCUT2D eigenvalue weighted by molar-refractivity contribution is -0.140. The van der Waals surface area contributed by atoms with Crippen molar-refractivity contribution in [3.05, 3.63) is 23.9 Å². The highest BCUT2D eigenvalue weighted by Gasteiger charge is 2.42. The summed E-state index contributed by atoms with van der Waals surface area (Å²) in [6.07, 6.45) is 8.42. The minimum Gasteiger partial charge on any atom is -0.410 e. The van der Waals surface area contributed by atoms with Gasteiger partial charge in [0.2, 0.25) is 5.91 Å². The number of nitrogens with two attached hydrogens (primary N) is 1. The summed E-state index contributed by atoms with van der Waals surface area (Å²) in [5.74, 6) is 0.218. The van der Waals surface area contributed by atoms with Gasteiger partial charge in [-0.3, -0.25) is 4.79 Å². The van der Waals surface area contributed by atoms with Crippen LogP contribution < -0.4 is 5.73 Å². The van der Waals surface area contributed by atoms with Crippen molar-refractivity contribution in [3.8, 4) is 0 Å². The van der Waals surface area contributed by atoms with Gasteiger partial charge >= 0.3 is 0 Å². The topological polar surface area (TPSA) is 55.6 Å². The fourth-order valence-corrected chi connectivity index (χ4v) is 3.72. The van der Waals surface area contributed by atoms with Crippen LogP contribution in [0.2, 0.25) is 18.1 Å². The van der Waals surface area contributed by atoms with Crippen molar-refractivity contribution in [3.63, 3.8) is 0 Å². The Morgan fingerprint density at radius 3 is 2.52 bits per heavy atom. The zero-order valence-electron chi connectivity index (χ0n) is 16.5. The Labute approximate surface area is 153 Å². The normalized spacial score (nSPS) is 17.2. The van der Waals surface area contributed by atoms with Crippen LogP contribution in [0, 0.1) is 0 Å². The highest BCUT2D eigenvalue weighted by Crippen LogP contribution is 2.38. The fraction of sp³-hybridized carbons (Fsp3) is 0.737. The van der Waals surface area contributed by atoms with Gasteiger partial charge in [-0.1, -0.05) is 26.8 Å². The van der Waals surface area contributed by atoms with Gasteiger partial charge < -0.3 is 15.1 Å². The van der Waals surface area contributed by atoms with Gasteiger partial charge in [0.1, 0.15) is 6.67 Å². The van der Waals surface area contributed by atoms with Crippen LogP contribution in [0.3, 0.4) is 0 Å². The molecule has 0 saturated carbocycles. The number of likely N-dealkylation sites (tertiary alicyclic amines) is 1. The van der Waals surface area contributed by atoms with Crippen molar-refractivity contribution in [2.75, 3.05) is 19.8 Å². The van der Waals surface area contributed by atoms with E-state index >= 15 is 0 Å². The van der Waals surface area contributed by atoms with Crippen LogP contribution >= 0.6 is 0 Å². The minimum absolute atomic E-state index is 0.202. The Morgan fingerprint density at radius 1 is 1.32 bits per heavy atom. The second-order valence-corrected chi connectivity index (χ2v) is 13.1. The van der Waals surface area contributed by atoms with E-state index in [0.717, 1.165) is 32.4 Å². The molecule has 0 spiro atoms. The minimum atomic E-state index is -1.74. The Hall–Kier alpha value is -1.14. The second-order valence-electron chi connectivity index (χ2n) is 8.31. The molecule has 0 aromatic heterocycles. The van der Waals surface area contributed by atoms with E-state index in [4.69, 9.17) is 10.2 Å². The molecule has 6 heteroatoms. The number of unbranched alkanes of at least 4 members (excludes halogenated alkanes) is 2. The second kappa shape index (κ2) is 9.53. The molecule has 144 valence electrons. The molecule has 0 radical (unpaired) electrons. The molecule has 0 aromatic rings. The molecule has 2 N–H and O–H groups in total. The Bertz CT molecular complexity index is 492. The Morgan fingerprint density at radius 2 is 1.96 bits per heavy atom. The van der Waals surface area contributed by atoms with E-state index in [1.54, 1.807) is 6.08 Å². The van der Waals surface area contributed by atoms with Crippen LogP contribution in [-0.2, 0) is 9.22 Å². The molecular formula is C19H35FN2O2Si. The number of halogens is 1. The van der Waals surface area contributed by atoms with Crippen LogP contribution in [0.5, 0.6) is 0 Å². The van der Waals surface area contributed by atoms with Gasteiger partial charge in [0.05, 0.1) is 6.10 Å².